The lowest BCUT2D eigenvalue weighted by Crippen LogP contribution is -2.28. The number of amides is 2. The van der Waals surface area contributed by atoms with E-state index in [1.165, 1.54) is 7.05 Å². The zero-order chi connectivity index (χ0) is 25.1. The van der Waals surface area contributed by atoms with Crippen LogP contribution in [0.15, 0.2) is 73.3 Å². The van der Waals surface area contributed by atoms with Gasteiger partial charge in [-0.25, -0.2) is 0 Å². The van der Waals surface area contributed by atoms with Crippen LogP contribution in [0, 0.1) is 0 Å². The minimum Gasteiger partial charge on any atom is -0.492 e. The highest BCUT2D eigenvalue weighted by atomic mass is 16.5. The van der Waals surface area contributed by atoms with Gasteiger partial charge in [-0.15, -0.1) is 0 Å². The summed E-state index contributed by atoms with van der Waals surface area (Å²) in [6, 6.07) is 21.7. The zero-order valence-electron chi connectivity index (χ0n) is 20.7. The summed E-state index contributed by atoms with van der Waals surface area (Å²) in [5.41, 5.74) is 6.08. The summed E-state index contributed by atoms with van der Waals surface area (Å²) in [4.78, 5) is 29.8. The van der Waals surface area contributed by atoms with Gasteiger partial charge < -0.3 is 14.5 Å². The van der Waals surface area contributed by atoms with Crippen molar-refractivity contribution in [2.45, 2.75) is 6.92 Å². The number of carbonyl (C=O) groups is 2. The number of imide groups is 1. The predicted octanol–water partition coefficient (Wildman–Crippen LogP) is 4.95. The highest BCUT2D eigenvalue weighted by Crippen LogP contribution is 2.27. The average molecular weight is 470 g/mol. The van der Waals surface area contributed by atoms with Crippen LogP contribution in [-0.4, -0.2) is 57.6 Å². The third-order valence-electron chi connectivity index (χ3n) is 6.38. The number of likely N-dealkylation sites (N-methyl/N-ethyl adjacent to an activating group) is 1. The molecule has 0 N–H and O–H groups in total. The van der Waals surface area contributed by atoms with Crippen molar-refractivity contribution in [1.82, 2.24) is 4.90 Å². The fourth-order valence-electron chi connectivity index (χ4n) is 4.17. The van der Waals surface area contributed by atoms with E-state index in [0.717, 1.165) is 45.3 Å². The molecular formula is C29H31N3O3. The van der Waals surface area contributed by atoms with Gasteiger partial charge in [0, 0.05) is 39.1 Å². The molecule has 0 saturated carbocycles. The Balaban J connectivity index is 1.36. The van der Waals surface area contributed by atoms with Crippen LogP contribution in [0.2, 0.25) is 0 Å². The minimum absolute atomic E-state index is 0.250. The molecule has 6 nitrogen and oxygen atoms in total. The van der Waals surface area contributed by atoms with Gasteiger partial charge in [0.1, 0.15) is 12.4 Å². The molecule has 180 valence electrons. The van der Waals surface area contributed by atoms with Crippen molar-refractivity contribution >= 4 is 28.8 Å². The van der Waals surface area contributed by atoms with E-state index < -0.39 is 0 Å². The molecule has 0 bridgehead atoms. The third-order valence-corrected chi connectivity index (χ3v) is 6.38. The molecule has 0 aromatic heterocycles. The maximum atomic E-state index is 12.3. The van der Waals surface area contributed by atoms with Gasteiger partial charge in [-0.2, -0.15) is 0 Å². The Labute approximate surface area is 207 Å². The molecule has 0 aliphatic carbocycles. The molecule has 1 aliphatic rings. The summed E-state index contributed by atoms with van der Waals surface area (Å²) < 4.78 is 5.98. The highest BCUT2D eigenvalue weighted by Gasteiger charge is 2.33. The Morgan fingerprint density at radius 2 is 1.43 bits per heavy atom. The minimum atomic E-state index is -0.255. The Morgan fingerprint density at radius 1 is 0.857 bits per heavy atom. The molecule has 0 unspecified atom stereocenters. The fraction of sp³-hybridized carbons (Fsp3) is 0.241. The summed E-state index contributed by atoms with van der Waals surface area (Å²) in [6.07, 6.45) is 0. The van der Waals surface area contributed by atoms with Crippen LogP contribution >= 0.6 is 0 Å². The van der Waals surface area contributed by atoms with Crippen LogP contribution < -0.4 is 14.5 Å². The Kier molecular flexibility index (Phi) is 6.92. The highest BCUT2D eigenvalue weighted by molar-refractivity contribution is 6.21. The van der Waals surface area contributed by atoms with Gasteiger partial charge in [0.05, 0.1) is 17.7 Å². The van der Waals surface area contributed by atoms with E-state index >= 15 is 0 Å². The lowest BCUT2D eigenvalue weighted by molar-refractivity contribution is 0.0693. The second-order valence-electron chi connectivity index (χ2n) is 8.77. The number of nitrogens with zero attached hydrogens (tertiary/aromatic N) is 3. The molecule has 0 spiro atoms. The van der Waals surface area contributed by atoms with Crippen molar-refractivity contribution in [2.24, 2.45) is 0 Å². The molecule has 1 aliphatic heterocycles. The fourth-order valence-corrected chi connectivity index (χ4v) is 4.17. The van der Waals surface area contributed by atoms with Gasteiger partial charge in [-0.05, 0) is 66.1 Å². The van der Waals surface area contributed by atoms with E-state index in [-0.39, 0.29) is 11.8 Å². The summed E-state index contributed by atoms with van der Waals surface area (Å²) in [6.45, 7) is 8.21. The maximum absolute atomic E-state index is 12.3. The molecule has 35 heavy (non-hydrogen) atoms. The maximum Gasteiger partial charge on any atom is 0.261 e. The standard InChI is InChI=1S/C29H31N3O3/c1-6-32(24-13-16-26-27(19-24)29(34)31(5)28(26)33)17-18-35-25-14-9-22(10-15-25)20(2)21-7-11-23(12-8-21)30(3)4/h7-16,19H,2,6,17-18H2,1,3-5H3. The summed E-state index contributed by atoms with van der Waals surface area (Å²) in [5, 5.41) is 0. The normalized spacial score (nSPS) is 12.5. The van der Waals surface area contributed by atoms with Gasteiger partial charge in [0.2, 0.25) is 0 Å². The molecule has 3 aromatic carbocycles. The SMILES string of the molecule is C=C(c1ccc(OCCN(CC)c2ccc3c(c2)C(=O)N(C)C3=O)cc1)c1ccc(N(C)C)cc1. The number of benzene rings is 3. The van der Waals surface area contributed by atoms with Crippen molar-refractivity contribution in [3.05, 3.63) is 95.6 Å². The van der Waals surface area contributed by atoms with Crippen LogP contribution in [0.25, 0.3) is 5.57 Å². The second kappa shape index (κ2) is 10.1. The van der Waals surface area contributed by atoms with Crippen molar-refractivity contribution in [3.63, 3.8) is 0 Å². The first-order valence-corrected chi connectivity index (χ1v) is 11.7. The van der Waals surface area contributed by atoms with Crippen LogP contribution in [-0.2, 0) is 0 Å². The lowest BCUT2D eigenvalue weighted by Gasteiger charge is -2.23. The van der Waals surface area contributed by atoms with Crippen molar-refractivity contribution in [2.75, 3.05) is 50.6 Å². The zero-order valence-corrected chi connectivity index (χ0v) is 20.7. The number of ether oxygens (including phenoxy) is 1. The topological polar surface area (TPSA) is 53.1 Å². The van der Waals surface area contributed by atoms with Gasteiger partial charge in [0.25, 0.3) is 11.8 Å². The molecule has 4 rings (SSSR count). The van der Waals surface area contributed by atoms with Crippen molar-refractivity contribution in [3.8, 4) is 5.75 Å². The van der Waals surface area contributed by atoms with Gasteiger partial charge >= 0.3 is 0 Å². The number of hydrogen-bond donors (Lipinski definition) is 0. The lowest BCUT2D eigenvalue weighted by atomic mass is 9.99. The molecule has 0 saturated heterocycles. The molecule has 6 heteroatoms. The molecule has 0 atom stereocenters. The molecule has 2 amide bonds. The van der Waals surface area contributed by atoms with E-state index in [1.807, 2.05) is 44.4 Å². The van der Waals surface area contributed by atoms with Crippen LogP contribution in [0.1, 0.15) is 38.8 Å². The average Bonchev–Trinajstić information content (AvgIpc) is 3.10. The quantitative estimate of drug-likeness (QED) is 0.415. The first-order valence-electron chi connectivity index (χ1n) is 11.7. The molecular weight excluding hydrogens is 438 g/mol. The Bertz CT molecular complexity index is 1250. The summed E-state index contributed by atoms with van der Waals surface area (Å²) in [7, 11) is 5.56. The van der Waals surface area contributed by atoms with E-state index in [9.17, 15) is 9.59 Å². The van der Waals surface area contributed by atoms with Crippen LogP contribution in [0.3, 0.4) is 0 Å². The van der Waals surface area contributed by atoms with E-state index in [2.05, 4.69) is 47.6 Å². The molecule has 0 radical (unpaired) electrons. The second-order valence-corrected chi connectivity index (χ2v) is 8.77. The molecule has 3 aromatic rings. The van der Waals surface area contributed by atoms with Gasteiger partial charge in [0.15, 0.2) is 0 Å². The van der Waals surface area contributed by atoms with E-state index in [4.69, 9.17) is 4.74 Å². The Morgan fingerprint density at radius 3 is 2.03 bits per heavy atom. The predicted molar refractivity (Wildman–Crippen MR) is 142 cm³/mol. The van der Waals surface area contributed by atoms with Crippen molar-refractivity contribution in [1.29, 1.82) is 0 Å². The number of carbonyl (C=O) groups excluding carboxylic acids is 2. The van der Waals surface area contributed by atoms with Crippen LogP contribution in [0.4, 0.5) is 11.4 Å². The largest absolute Gasteiger partial charge is 0.492 e. The first kappa shape index (κ1) is 24.1. The van der Waals surface area contributed by atoms with Gasteiger partial charge in [-0.1, -0.05) is 30.8 Å². The number of hydrogen-bond acceptors (Lipinski definition) is 5. The van der Waals surface area contributed by atoms with Crippen LogP contribution in [0.5, 0.6) is 5.75 Å². The van der Waals surface area contributed by atoms with Gasteiger partial charge in [-0.3, -0.25) is 14.5 Å². The first-order chi connectivity index (χ1) is 16.8. The number of rotatable bonds is 9. The molecule has 0 fully saturated rings. The number of anilines is 2. The summed E-state index contributed by atoms with van der Waals surface area (Å²) in [5.74, 6) is 0.283. The van der Waals surface area contributed by atoms with Crippen molar-refractivity contribution < 1.29 is 14.3 Å². The number of fused-ring (bicyclic) bond motifs is 1. The smallest absolute Gasteiger partial charge is 0.261 e. The summed E-state index contributed by atoms with van der Waals surface area (Å²) >= 11 is 0. The molecule has 1 heterocycles. The van der Waals surface area contributed by atoms with E-state index in [1.54, 1.807) is 12.1 Å². The monoisotopic (exact) mass is 469 g/mol. The Hall–Kier alpha value is -4.06. The third kappa shape index (κ3) is 4.92. The van der Waals surface area contributed by atoms with E-state index in [0.29, 0.717) is 24.3 Å².